The Morgan fingerprint density at radius 1 is 1.54 bits per heavy atom. The molecule has 0 aromatic heterocycles. The summed E-state index contributed by atoms with van der Waals surface area (Å²) in [7, 11) is 0. The van der Waals surface area contributed by atoms with Crippen LogP contribution >= 0.6 is 0 Å². The molecule has 3 nitrogen and oxygen atoms in total. The largest absolute Gasteiger partial charge is 0.345 e. The van der Waals surface area contributed by atoms with Gasteiger partial charge in [-0.1, -0.05) is 19.8 Å². The molecule has 0 aliphatic heterocycles. The van der Waals surface area contributed by atoms with Crippen LogP contribution in [0.2, 0.25) is 0 Å². The van der Waals surface area contributed by atoms with E-state index in [-0.39, 0.29) is 12.5 Å². The predicted octanol–water partition coefficient (Wildman–Crippen LogP) is 0.501. The maximum absolute atomic E-state index is 11.6. The van der Waals surface area contributed by atoms with Gasteiger partial charge in [0.25, 0.3) is 0 Å². The van der Waals surface area contributed by atoms with Crippen LogP contribution < -0.4 is 11.1 Å². The quantitative estimate of drug-likeness (QED) is 0.608. The molecule has 1 amide bonds. The Kier molecular flexibility index (Phi) is 5.17. The fourth-order valence-corrected chi connectivity index (χ4v) is 1.27. The smallest absolute Gasteiger partial charge is 0.228 e. The van der Waals surface area contributed by atoms with Crippen LogP contribution in [-0.2, 0) is 4.79 Å². The van der Waals surface area contributed by atoms with E-state index in [1.807, 2.05) is 13.8 Å². The molecule has 0 atom stereocenters. The molecule has 0 radical (unpaired) electrons. The van der Waals surface area contributed by atoms with Gasteiger partial charge in [0.05, 0.1) is 12.0 Å². The fourth-order valence-electron chi connectivity index (χ4n) is 1.27. The summed E-state index contributed by atoms with van der Waals surface area (Å²) < 4.78 is 0. The highest BCUT2D eigenvalue weighted by Gasteiger charge is 2.32. The Morgan fingerprint density at radius 3 is 2.38 bits per heavy atom. The summed E-state index contributed by atoms with van der Waals surface area (Å²) in [6, 6.07) is 0. The van der Waals surface area contributed by atoms with E-state index in [0.29, 0.717) is 6.54 Å². The van der Waals surface area contributed by atoms with E-state index in [4.69, 9.17) is 12.2 Å². The monoisotopic (exact) mass is 182 g/mol. The minimum atomic E-state index is -0.434. The van der Waals surface area contributed by atoms with Crippen molar-refractivity contribution in [1.29, 1.82) is 0 Å². The van der Waals surface area contributed by atoms with Crippen LogP contribution in [0.4, 0.5) is 0 Å². The Bertz CT molecular complexity index is 193. The number of carbonyl (C=O) groups is 1. The molecule has 74 valence electrons. The minimum absolute atomic E-state index is 0.0297. The molecule has 0 saturated carbocycles. The summed E-state index contributed by atoms with van der Waals surface area (Å²) in [5.74, 6) is 2.34. The topological polar surface area (TPSA) is 55.1 Å². The number of terminal acetylenes is 1. The minimum Gasteiger partial charge on any atom is -0.345 e. The van der Waals surface area contributed by atoms with Crippen molar-refractivity contribution in [3.05, 3.63) is 0 Å². The second-order valence-corrected chi connectivity index (χ2v) is 3.08. The van der Waals surface area contributed by atoms with Gasteiger partial charge in [-0.25, -0.2) is 0 Å². The van der Waals surface area contributed by atoms with Gasteiger partial charge < -0.3 is 11.1 Å². The second kappa shape index (κ2) is 5.60. The molecule has 0 unspecified atom stereocenters. The third-order valence-corrected chi connectivity index (χ3v) is 2.58. The summed E-state index contributed by atoms with van der Waals surface area (Å²) in [5.41, 5.74) is 5.16. The maximum Gasteiger partial charge on any atom is 0.228 e. The Morgan fingerprint density at radius 2 is 2.08 bits per heavy atom. The number of amides is 1. The van der Waals surface area contributed by atoms with Gasteiger partial charge in [0, 0.05) is 6.54 Å². The molecule has 0 heterocycles. The number of nitrogens with one attached hydrogen (secondary N) is 1. The maximum atomic E-state index is 11.6. The SMILES string of the molecule is C#CCNC(=O)C(CC)(CC)CN. The first-order chi connectivity index (χ1) is 6.16. The third-order valence-electron chi connectivity index (χ3n) is 2.58. The van der Waals surface area contributed by atoms with Crippen LogP contribution in [0.3, 0.4) is 0 Å². The number of carbonyl (C=O) groups excluding carboxylic acids is 1. The molecule has 0 spiro atoms. The van der Waals surface area contributed by atoms with E-state index in [0.717, 1.165) is 12.8 Å². The zero-order valence-electron chi connectivity index (χ0n) is 8.39. The Hall–Kier alpha value is -1.01. The van der Waals surface area contributed by atoms with Gasteiger partial charge in [-0.15, -0.1) is 6.42 Å². The Balaban J connectivity index is 4.37. The average molecular weight is 182 g/mol. The van der Waals surface area contributed by atoms with Crippen molar-refractivity contribution in [2.75, 3.05) is 13.1 Å². The molecule has 0 fully saturated rings. The van der Waals surface area contributed by atoms with Gasteiger partial charge in [0.1, 0.15) is 0 Å². The highest BCUT2D eigenvalue weighted by Crippen LogP contribution is 2.24. The van der Waals surface area contributed by atoms with Gasteiger partial charge in [-0.3, -0.25) is 4.79 Å². The van der Waals surface area contributed by atoms with Crippen molar-refractivity contribution in [1.82, 2.24) is 5.32 Å². The summed E-state index contributed by atoms with van der Waals surface area (Å²) in [4.78, 5) is 11.6. The third kappa shape index (κ3) is 2.74. The number of hydrogen-bond donors (Lipinski definition) is 2. The molecule has 3 N–H and O–H groups in total. The van der Waals surface area contributed by atoms with Gasteiger partial charge >= 0.3 is 0 Å². The lowest BCUT2D eigenvalue weighted by atomic mass is 9.81. The molecule has 0 aliphatic rings. The van der Waals surface area contributed by atoms with E-state index in [1.165, 1.54) is 0 Å². The van der Waals surface area contributed by atoms with Crippen LogP contribution in [-0.4, -0.2) is 19.0 Å². The van der Waals surface area contributed by atoms with Crippen LogP contribution in [0.1, 0.15) is 26.7 Å². The van der Waals surface area contributed by atoms with Gasteiger partial charge in [0.2, 0.25) is 5.91 Å². The van der Waals surface area contributed by atoms with E-state index < -0.39 is 5.41 Å². The predicted molar refractivity (Wildman–Crippen MR) is 53.9 cm³/mol. The molecule has 0 saturated heterocycles. The molecule has 0 aromatic rings. The molecule has 0 bridgehead atoms. The molecule has 13 heavy (non-hydrogen) atoms. The van der Waals surface area contributed by atoms with Gasteiger partial charge in [0.15, 0.2) is 0 Å². The van der Waals surface area contributed by atoms with Crippen molar-refractivity contribution in [2.24, 2.45) is 11.1 Å². The van der Waals surface area contributed by atoms with Gasteiger partial charge in [-0.2, -0.15) is 0 Å². The summed E-state index contributed by atoms with van der Waals surface area (Å²) in [6.45, 7) is 4.58. The van der Waals surface area contributed by atoms with E-state index in [2.05, 4.69) is 11.2 Å². The summed E-state index contributed by atoms with van der Waals surface area (Å²) >= 11 is 0. The van der Waals surface area contributed by atoms with Gasteiger partial charge in [-0.05, 0) is 12.8 Å². The average Bonchev–Trinajstić information content (AvgIpc) is 2.18. The first-order valence-corrected chi connectivity index (χ1v) is 4.58. The highest BCUT2D eigenvalue weighted by atomic mass is 16.2. The van der Waals surface area contributed by atoms with Crippen molar-refractivity contribution in [2.45, 2.75) is 26.7 Å². The molecule has 0 aromatic carbocycles. The Labute approximate surface area is 80.1 Å². The summed E-state index contributed by atoms with van der Waals surface area (Å²) in [5, 5.41) is 2.67. The van der Waals surface area contributed by atoms with Crippen molar-refractivity contribution in [3.8, 4) is 12.3 Å². The molecular weight excluding hydrogens is 164 g/mol. The van der Waals surface area contributed by atoms with Crippen molar-refractivity contribution >= 4 is 5.91 Å². The van der Waals surface area contributed by atoms with Crippen molar-refractivity contribution < 1.29 is 4.79 Å². The first-order valence-electron chi connectivity index (χ1n) is 4.58. The molecule has 3 heteroatoms. The lowest BCUT2D eigenvalue weighted by Gasteiger charge is -2.27. The molecule has 0 aliphatic carbocycles. The highest BCUT2D eigenvalue weighted by molar-refractivity contribution is 5.83. The number of rotatable bonds is 5. The fraction of sp³-hybridized carbons (Fsp3) is 0.700. The zero-order chi connectivity index (χ0) is 10.3. The number of nitrogens with two attached hydrogens (primary N) is 1. The second-order valence-electron chi connectivity index (χ2n) is 3.08. The van der Waals surface area contributed by atoms with E-state index in [9.17, 15) is 4.79 Å². The van der Waals surface area contributed by atoms with Crippen molar-refractivity contribution in [3.63, 3.8) is 0 Å². The first kappa shape index (κ1) is 12.0. The van der Waals surface area contributed by atoms with E-state index >= 15 is 0 Å². The van der Waals surface area contributed by atoms with Crippen LogP contribution in [0.5, 0.6) is 0 Å². The van der Waals surface area contributed by atoms with E-state index in [1.54, 1.807) is 0 Å². The van der Waals surface area contributed by atoms with Crippen LogP contribution in [0.15, 0.2) is 0 Å². The normalized spacial score (nSPS) is 10.6. The molecule has 0 rings (SSSR count). The molecular formula is C10H18N2O. The zero-order valence-corrected chi connectivity index (χ0v) is 8.39. The van der Waals surface area contributed by atoms with Crippen LogP contribution in [0, 0.1) is 17.8 Å². The standard InChI is InChI=1S/C10H18N2O/c1-4-7-12-9(13)10(5-2,6-3)8-11/h1H,5-8,11H2,2-3H3,(H,12,13). The summed E-state index contributed by atoms with van der Waals surface area (Å²) in [6.07, 6.45) is 6.54. The number of hydrogen-bond acceptors (Lipinski definition) is 2. The lowest BCUT2D eigenvalue weighted by molar-refractivity contribution is -0.130. The lowest BCUT2D eigenvalue weighted by Crippen LogP contribution is -2.45. The van der Waals surface area contributed by atoms with Crippen LogP contribution in [0.25, 0.3) is 0 Å².